The Bertz CT molecular complexity index is 597. The second-order valence-electron chi connectivity index (χ2n) is 4.64. The van der Waals surface area contributed by atoms with E-state index in [4.69, 9.17) is 0 Å². The number of carbonyl (C=O) groups excluding carboxylic acids is 1. The smallest absolute Gasteiger partial charge is 0.231 e. The van der Waals surface area contributed by atoms with Gasteiger partial charge in [0.05, 0.1) is 12.1 Å². The van der Waals surface area contributed by atoms with Gasteiger partial charge < -0.3 is 10.0 Å². The number of aromatic nitrogens is 1. The van der Waals surface area contributed by atoms with Crippen LogP contribution in [0.4, 0.5) is 5.69 Å². The molecule has 0 aliphatic heterocycles. The van der Waals surface area contributed by atoms with Crippen molar-refractivity contribution in [2.45, 2.75) is 20.3 Å². The number of likely N-dealkylation sites (N-methyl/N-ethyl adjacent to an activating group) is 1. The van der Waals surface area contributed by atoms with Crippen LogP contribution in [-0.4, -0.2) is 22.5 Å². The summed E-state index contributed by atoms with van der Waals surface area (Å²) in [6.07, 6.45) is 3.68. The number of phenols is 1. The van der Waals surface area contributed by atoms with Crippen molar-refractivity contribution >= 4 is 11.6 Å². The molecule has 0 fully saturated rings. The van der Waals surface area contributed by atoms with Gasteiger partial charge in [-0.2, -0.15) is 0 Å². The van der Waals surface area contributed by atoms with E-state index in [0.29, 0.717) is 13.0 Å². The van der Waals surface area contributed by atoms with Gasteiger partial charge >= 0.3 is 0 Å². The second kappa shape index (κ2) is 6.19. The minimum absolute atomic E-state index is 0.00685. The van der Waals surface area contributed by atoms with Crippen molar-refractivity contribution in [1.29, 1.82) is 0 Å². The fourth-order valence-electron chi connectivity index (χ4n) is 2.14. The molecule has 4 nitrogen and oxygen atoms in total. The van der Waals surface area contributed by atoms with Crippen molar-refractivity contribution in [3.05, 3.63) is 53.9 Å². The quantitative estimate of drug-likeness (QED) is 0.929. The van der Waals surface area contributed by atoms with E-state index in [9.17, 15) is 9.90 Å². The van der Waals surface area contributed by atoms with Crippen molar-refractivity contribution in [3.63, 3.8) is 0 Å². The van der Waals surface area contributed by atoms with Crippen LogP contribution < -0.4 is 4.90 Å². The minimum Gasteiger partial charge on any atom is -0.508 e. The van der Waals surface area contributed by atoms with Crippen LogP contribution in [0.2, 0.25) is 0 Å². The Hall–Kier alpha value is -2.36. The number of nitrogens with zero attached hydrogens (tertiary/aromatic N) is 2. The molecule has 0 radical (unpaired) electrons. The molecule has 0 atom stereocenters. The molecular weight excluding hydrogens is 252 g/mol. The van der Waals surface area contributed by atoms with Gasteiger partial charge in [0.2, 0.25) is 5.91 Å². The predicted molar refractivity (Wildman–Crippen MR) is 78.8 cm³/mol. The van der Waals surface area contributed by atoms with Gasteiger partial charge in [-0.25, -0.2) is 0 Å². The van der Waals surface area contributed by atoms with E-state index in [1.54, 1.807) is 29.4 Å². The molecule has 0 unspecified atom stereocenters. The van der Waals surface area contributed by atoms with Gasteiger partial charge in [0, 0.05) is 25.0 Å². The molecule has 0 bridgehead atoms. The first kappa shape index (κ1) is 14.1. The number of phenolic OH excluding ortho intramolecular Hbond substituents is 1. The zero-order valence-electron chi connectivity index (χ0n) is 11.7. The van der Waals surface area contributed by atoms with Gasteiger partial charge in [-0.1, -0.05) is 6.07 Å². The van der Waals surface area contributed by atoms with Gasteiger partial charge in [-0.05, 0) is 43.2 Å². The summed E-state index contributed by atoms with van der Waals surface area (Å²) in [5.74, 6) is 0.174. The van der Waals surface area contributed by atoms with Crippen LogP contribution in [0, 0.1) is 6.92 Å². The molecule has 2 aromatic rings. The number of pyridine rings is 1. The fraction of sp³-hybridized carbons (Fsp3) is 0.250. The Morgan fingerprint density at radius 1 is 1.25 bits per heavy atom. The molecule has 1 heterocycles. The third-order valence-electron chi connectivity index (χ3n) is 3.21. The lowest BCUT2D eigenvalue weighted by atomic mass is 10.1. The van der Waals surface area contributed by atoms with Crippen molar-refractivity contribution in [2.24, 2.45) is 0 Å². The first-order valence-corrected chi connectivity index (χ1v) is 6.60. The van der Waals surface area contributed by atoms with E-state index >= 15 is 0 Å². The first-order valence-electron chi connectivity index (χ1n) is 6.60. The highest BCUT2D eigenvalue weighted by Gasteiger charge is 2.16. The Morgan fingerprint density at radius 3 is 2.60 bits per heavy atom. The summed E-state index contributed by atoms with van der Waals surface area (Å²) in [6, 6.07) is 8.73. The number of benzene rings is 1. The summed E-state index contributed by atoms with van der Waals surface area (Å²) in [7, 11) is 0. The average molecular weight is 270 g/mol. The SMILES string of the molecule is CCN(C(=O)Cc1ccncc1)c1cc(O)ccc1C. The Morgan fingerprint density at radius 2 is 1.95 bits per heavy atom. The molecule has 4 heteroatoms. The maximum atomic E-state index is 12.4. The molecule has 20 heavy (non-hydrogen) atoms. The summed E-state index contributed by atoms with van der Waals surface area (Å²) in [6.45, 7) is 4.42. The van der Waals surface area contributed by atoms with Crippen molar-refractivity contribution < 1.29 is 9.90 Å². The van der Waals surface area contributed by atoms with Crippen LogP contribution >= 0.6 is 0 Å². The van der Waals surface area contributed by atoms with Crippen LogP contribution in [0.25, 0.3) is 0 Å². The summed E-state index contributed by atoms with van der Waals surface area (Å²) in [5.41, 5.74) is 2.65. The third-order valence-corrected chi connectivity index (χ3v) is 3.21. The van der Waals surface area contributed by atoms with Crippen LogP contribution in [0.1, 0.15) is 18.1 Å². The van der Waals surface area contributed by atoms with E-state index in [1.807, 2.05) is 32.0 Å². The molecule has 0 aliphatic carbocycles. The highest BCUT2D eigenvalue weighted by molar-refractivity contribution is 5.95. The third kappa shape index (κ3) is 3.15. The van der Waals surface area contributed by atoms with Gasteiger partial charge in [-0.15, -0.1) is 0 Å². The maximum Gasteiger partial charge on any atom is 0.231 e. The van der Waals surface area contributed by atoms with Gasteiger partial charge in [-0.3, -0.25) is 9.78 Å². The molecule has 1 N–H and O–H groups in total. The maximum absolute atomic E-state index is 12.4. The molecule has 0 aliphatic rings. The summed E-state index contributed by atoms with van der Waals surface area (Å²) in [4.78, 5) is 18.1. The second-order valence-corrected chi connectivity index (χ2v) is 4.64. The molecule has 1 aromatic heterocycles. The summed E-state index contributed by atoms with van der Waals surface area (Å²) in [5, 5.41) is 9.61. The highest BCUT2D eigenvalue weighted by Crippen LogP contribution is 2.25. The zero-order valence-corrected chi connectivity index (χ0v) is 11.7. The average Bonchev–Trinajstić information content (AvgIpc) is 2.44. The first-order chi connectivity index (χ1) is 9.61. The molecule has 0 saturated heterocycles. The Labute approximate surface area is 118 Å². The van der Waals surface area contributed by atoms with Gasteiger partial charge in [0.25, 0.3) is 0 Å². The van der Waals surface area contributed by atoms with Gasteiger partial charge in [0.15, 0.2) is 0 Å². The summed E-state index contributed by atoms with van der Waals surface area (Å²) >= 11 is 0. The van der Waals surface area contributed by atoms with Crippen molar-refractivity contribution in [3.8, 4) is 5.75 Å². The van der Waals surface area contributed by atoms with E-state index in [0.717, 1.165) is 16.8 Å². The van der Waals surface area contributed by atoms with Crippen LogP contribution in [0.15, 0.2) is 42.7 Å². The number of amides is 1. The number of rotatable bonds is 4. The van der Waals surface area contributed by atoms with E-state index < -0.39 is 0 Å². The monoisotopic (exact) mass is 270 g/mol. The molecule has 1 aromatic carbocycles. The number of hydrogen-bond donors (Lipinski definition) is 1. The predicted octanol–water partition coefficient (Wildman–Crippen LogP) is 2.69. The van der Waals surface area contributed by atoms with E-state index in [2.05, 4.69) is 4.98 Å². The summed E-state index contributed by atoms with van der Waals surface area (Å²) < 4.78 is 0. The number of carbonyl (C=O) groups is 1. The lowest BCUT2D eigenvalue weighted by Crippen LogP contribution is -2.32. The van der Waals surface area contributed by atoms with Crippen LogP contribution in [0.5, 0.6) is 5.75 Å². The number of hydrogen-bond acceptors (Lipinski definition) is 3. The van der Waals surface area contributed by atoms with Gasteiger partial charge in [0.1, 0.15) is 5.75 Å². The van der Waals surface area contributed by atoms with E-state index in [-0.39, 0.29) is 11.7 Å². The molecule has 0 spiro atoms. The lowest BCUT2D eigenvalue weighted by Gasteiger charge is -2.23. The number of anilines is 1. The van der Waals surface area contributed by atoms with E-state index in [1.165, 1.54) is 0 Å². The molecule has 104 valence electrons. The number of aryl methyl sites for hydroxylation is 1. The lowest BCUT2D eigenvalue weighted by molar-refractivity contribution is -0.117. The normalized spacial score (nSPS) is 10.3. The highest BCUT2D eigenvalue weighted by atomic mass is 16.3. The van der Waals surface area contributed by atoms with Crippen molar-refractivity contribution in [1.82, 2.24) is 4.98 Å². The fourth-order valence-corrected chi connectivity index (χ4v) is 2.14. The molecule has 2 rings (SSSR count). The molecule has 0 saturated carbocycles. The zero-order chi connectivity index (χ0) is 14.5. The molecule has 1 amide bonds. The Balaban J connectivity index is 2.23. The standard InChI is InChI=1S/C16H18N2O2/c1-3-18(15-11-14(19)5-4-12(15)2)16(20)10-13-6-8-17-9-7-13/h4-9,11,19H,3,10H2,1-2H3. The topological polar surface area (TPSA) is 53.4 Å². The largest absolute Gasteiger partial charge is 0.508 e. The van der Waals surface area contributed by atoms with Crippen molar-refractivity contribution in [2.75, 3.05) is 11.4 Å². The molecular formula is C16H18N2O2. The van der Waals surface area contributed by atoms with Crippen LogP contribution in [-0.2, 0) is 11.2 Å². The minimum atomic E-state index is 0.00685. The number of aromatic hydroxyl groups is 1. The Kier molecular flexibility index (Phi) is 4.35. The van der Waals surface area contributed by atoms with Crippen LogP contribution in [0.3, 0.4) is 0 Å².